The van der Waals surface area contributed by atoms with E-state index in [2.05, 4.69) is 9.97 Å². The molecule has 0 saturated heterocycles. The molecule has 5 heteroatoms. The minimum atomic E-state index is -1.05. The van der Waals surface area contributed by atoms with Crippen LogP contribution >= 0.6 is 0 Å². The number of rotatable bonds is 2. The molecule has 0 fully saturated rings. The normalized spacial score (nSPS) is 10.0. The third-order valence-corrected chi connectivity index (χ3v) is 1.77. The molecule has 2 rings (SSSR count). The van der Waals surface area contributed by atoms with E-state index < -0.39 is 5.97 Å². The van der Waals surface area contributed by atoms with Crippen molar-refractivity contribution < 1.29 is 9.90 Å². The van der Waals surface area contributed by atoms with Crippen molar-refractivity contribution in [1.29, 1.82) is 0 Å². The molecule has 0 spiro atoms. The Balaban J connectivity index is 2.58. The maximum absolute atomic E-state index is 10.8. The van der Waals surface area contributed by atoms with Gasteiger partial charge in [0, 0.05) is 18.6 Å². The molecule has 0 radical (unpaired) electrons. The van der Waals surface area contributed by atoms with Crippen LogP contribution in [0.5, 0.6) is 0 Å². The number of carboxylic acids is 1. The molecule has 0 unspecified atom stereocenters. The van der Waals surface area contributed by atoms with E-state index in [0.717, 1.165) is 0 Å². The first-order chi connectivity index (χ1) is 6.79. The van der Waals surface area contributed by atoms with Crippen molar-refractivity contribution in [1.82, 2.24) is 14.5 Å². The molecule has 2 heterocycles. The number of nitrogens with zero attached hydrogens (tertiary/aromatic N) is 3. The summed E-state index contributed by atoms with van der Waals surface area (Å²) >= 11 is 0. The van der Waals surface area contributed by atoms with Crippen LogP contribution in [0.15, 0.2) is 37.1 Å². The van der Waals surface area contributed by atoms with Crippen LogP contribution in [0, 0.1) is 0 Å². The van der Waals surface area contributed by atoms with Gasteiger partial charge in [0.25, 0.3) is 0 Å². The molecule has 0 saturated carbocycles. The fraction of sp³-hybridized carbons (Fsp3) is 0. The van der Waals surface area contributed by atoms with Gasteiger partial charge in [0.1, 0.15) is 0 Å². The first-order valence-electron chi connectivity index (χ1n) is 3.95. The Hall–Kier alpha value is -2.17. The zero-order valence-corrected chi connectivity index (χ0v) is 7.16. The van der Waals surface area contributed by atoms with E-state index >= 15 is 0 Å². The average molecular weight is 189 g/mol. The summed E-state index contributed by atoms with van der Waals surface area (Å²) in [6.07, 6.45) is 6.23. The molecule has 0 bridgehead atoms. The van der Waals surface area contributed by atoms with Gasteiger partial charge in [-0.25, -0.2) is 14.8 Å². The molecule has 0 aromatic carbocycles. The Morgan fingerprint density at radius 1 is 1.43 bits per heavy atom. The molecule has 70 valence electrons. The molecule has 2 aromatic rings. The van der Waals surface area contributed by atoms with Crippen LogP contribution in [0.4, 0.5) is 0 Å². The highest BCUT2D eigenvalue weighted by Gasteiger charge is 2.11. The van der Waals surface area contributed by atoms with Gasteiger partial charge in [-0.2, -0.15) is 0 Å². The Morgan fingerprint density at radius 3 is 2.93 bits per heavy atom. The lowest BCUT2D eigenvalue weighted by Gasteiger charge is -2.04. The van der Waals surface area contributed by atoms with E-state index in [-0.39, 0.29) is 5.69 Å². The van der Waals surface area contributed by atoms with Crippen LogP contribution < -0.4 is 0 Å². The summed E-state index contributed by atoms with van der Waals surface area (Å²) in [5, 5.41) is 8.87. The third-order valence-electron chi connectivity index (χ3n) is 1.77. The van der Waals surface area contributed by atoms with Gasteiger partial charge in [-0.15, -0.1) is 0 Å². The maximum Gasteiger partial charge on any atom is 0.356 e. The van der Waals surface area contributed by atoms with Crippen LogP contribution in [-0.2, 0) is 0 Å². The number of imidazole rings is 1. The lowest BCUT2D eigenvalue weighted by molar-refractivity contribution is 0.0690. The van der Waals surface area contributed by atoms with Crippen LogP contribution in [0.3, 0.4) is 0 Å². The minimum Gasteiger partial charge on any atom is -0.476 e. The lowest BCUT2D eigenvalue weighted by Crippen LogP contribution is -2.06. The van der Waals surface area contributed by atoms with E-state index in [4.69, 9.17) is 5.11 Å². The van der Waals surface area contributed by atoms with Gasteiger partial charge in [0.15, 0.2) is 5.69 Å². The van der Waals surface area contributed by atoms with Crippen molar-refractivity contribution in [3.8, 4) is 5.69 Å². The largest absolute Gasteiger partial charge is 0.476 e. The van der Waals surface area contributed by atoms with Gasteiger partial charge in [-0.3, -0.25) is 0 Å². The fourth-order valence-corrected chi connectivity index (χ4v) is 1.17. The van der Waals surface area contributed by atoms with Crippen molar-refractivity contribution in [3.05, 3.63) is 42.7 Å². The van der Waals surface area contributed by atoms with E-state index in [0.29, 0.717) is 5.69 Å². The summed E-state index contributed by atoms with van der Waals surface area (Å²) < 4.78 is 1.61. The van der Waals surface area contributed by atoms with Crippen molar-refractivity contribution in [3.63, 3.8) is 0 Å². The first-order valence-corrected chi connectivity index (χ1v) is 3.95. The number of hydrogen-bond acceptors (Lipinski definition) is 3. The van der Waals surface area contributed by atoms with Crippen LogP contribution in [0.25, 0.3) is 5.69 Å². The molecule has 0 aliphatic heterocycles. The van der Waals surface area contributed by atoms with Gasteiger partial charge in [-0.1, -0.05) is 0 Å². The van der Waals surface area contributed by atoms with Crippen molar-refractivity contribution in [2.45, 2.75) is 0 Å². The van der Waals surface area contributed by atoms with Crippen molar-refractivity contribution in [2.24, 2.45) is 0 Å². The highest BCUT2D eigenvalue weighted by atomic mass is 16.4. The third kappa shape index (κ3) is 1.35. The van der Waals surface area contributed by atoms with Crippen LogP contribution in [0.1, 0.15) is 10.5 Å². The molecule has 0 aliphatic rings. The smallest absolute Gasteiger partial charge is 0.356 e. The molecular formula is C9H7N3O2. The van der Waals surface area contributed by atoms with Crippen LogP contribution in [-0.4, -0.2) is 25.6 Å². The van der Waals surface area contributed by atoms with Gasteiger partial charge in [0.05, 0.1) is 12.0 Å². The standard InChI is InChI=1S/C9H7N3O2/c13-9(14)8-7(2-1-3-11-8)12-5-4-10-6-12/h1-6H,(H,13,14). The van der Waals surface area contributed by atoms with E-state index in [1.165, 1.54) is 12.5 Å². The maximum atomic E-state index is 10.8. The number of pyridine rings is 1. The molecular weight excluding hydrogens is 182 g/mol. The van der Waals surface area contributed by atoms with Crippen LogP contribution in [0.2, 0.25) is 0 Å². The summed E-state index contributed by atoms with van der Waals surface area (Å²) in [6.45, 7) is 0. The van der Waals surface area contributed by atoms with Gasteiger partial charge in [-0.05, 0) is 12.1 Å². The van der Waals surface area contributed by atoms with Crippen molar-refractivity contribution >= 4 is 5.97 Å². The Kier molecular flexibility index (Phi) is 1.98. The second kappa shape index (κ2) is 3.29. The second-order valence-electron chi connectivity index (χ2n) is 2.65. The van der Waals surface area contributed by atoms with E-state index in [1.54, 1.807) is 29.1 Å². The second-order valence-corrected chi connectivity index (χ2v) is 2.65. The van der Waals surface area contributed by atoms with E-state index in [1.807, 2.05) is 0 Å². The summed E-state index contributed by atoms with van der Waals surface area (Å²) in [6, 6.07) is 3.36. The number of carboxylic acid groups (broad SMARTS) is 1. The molecule has 0 atom stereocenters. The summed E-state index contributed by atoms with van der Waals surface area (Å²) in [5.74, 6) is -1.05. The Labute approximate surface area is 79.7 Å². The van der Waals surface area contributed by atoms with Gasteiger partial charge < -0.3 is 9.67 Å². The lowest BCUT2D eigenvalue weighted by atomic mass is 10.3. The zero-order valence-electron chi connectivity index (χ0n) is 7.16. The van der Waals surface area contributed by atoms with E-state index in [9.17, 15) is 4.79 Å². The summed E-state index contributed by atoms with van der Waals surface area (Å²) in [7, 11) is 0. The molecule has 1 N–H and O–H groups in total. The number of hydrogen-bond donors (Lipinski definition) is 1. The SMILES string of the molecule is O=C(O)c1ncccc1-n1ccnc1. The highest BCUT2D eigenvalue weighted by Crippen LogP contribution is 2.10. The number of carbonyl (C=O) groups is 1. The summed E-state index contributed by atoms with van der Waals surface area (Å²) in [4.78, 5) is 18.4. The van der Waals surface area contributed by atoms with Gasteiger partial charge >= 0.3 is 5.97 Å². The number of aromatic carboxylic acids is 1. The molecule has 0 amide bonds. The molecule has 2 aromatic heterocycles. The minimum absolute atomic E-state index is 0.0190. The first kappa shape index (κ1) is 8.43. The quantitative estimate of drug-likeness (QED) is 0.764. The topological polar surface area (TPSA) is 68.0 Å². The highest BCUT2D eigenvalue weighted by molar-refractivity contribution is 5.89. The van der Waals surface area contributed by atoms with Crippen molar-refractivity contribution in [2.75, 3.05) is 0 Å². The Morgan fingerprint density at radius 2 is 2.29 bits per heavy atom. The monoisotopic (exact) mass is 189 g/mol. The average Bonchev–Trinajstić information content (AvgIpc) is 2.70. The molecule has 5 nitrogen and oxygen atoms in total. The fourth-order valence-electron chi connectivity index (χ4n) is 1.17. The predicted molar refractivity (Wildman–Crippen MR) is 48.3 cm³/mol. The van der Waals surface area contributed by atoms with Gasteiger partial charge in [0.2, 0.25) is 0 Å². The number of aromatic nitrogens is 3. The molecule has 0 aliphatic carbocycles. The zero-order chi connectivity index (χ0) is 9.97. The Bertz CT molecular complexity index is 451. The summed E-state index contributed by atoms with van der Waals surface area (Å²) in [5.41, 5.74) is 0.531. The molecule has 14 heavy (non-hydrogen) atoms. The predicted octanol–water partition coefficient (Wildman–Crippen LogP) is 0.965.